The maximum Gasteiger partial charge on any atom is 0.223 e. The summed E-state index contributed by atoms with van der Waals surface area (Å²) in [6.45, 7) is 4.42. The Morgan fingerprint density at radius 2 is 2.38 bits per heavy atom. The molecule has 16 heavy (non-hydrogen) atoms. The third-order valence-electron chi connectivity index (χ3n) is 2.53. The first-order valence-electron chi connectivity index (χ1n) is 5.72. The van der Waals surface area contributed by atoms with Gasteiger partial charge in [0, 0.05) is 30.9 Å². The van der Waals surface area contributed by atoms with Crippen molar-refractivity contribution in [3.63, 3.8) is 0 Å². The Bertz CT molecular complexity index is 298. The molecule has 0 aliphatic rings. The minimum Gasteiger partial charge on any atom is -0.343 e. The van der Waals surface area contributed by atoms with Gasteiger partial charge in [0.15, 0.2) is 0 Å². The van der Waals surface area contributed by atoms with Crippen LogP contribution in [0.3, 0.4) is 0 Å². The molecular formula is C12H20N2OS. The highest BCUT2D eigenvalue weighted by molar-refractivity contribution is 7.09. The Balaban J connectivity index is 2.33. The van der Waals surface area contributed by atoms with Gasteiger partial charge in [-0.2, -0.15) is 0 Å². The fourth-order valence-corrected chi connectivity index (χ4v) is 2.25. The van der Waals surface area contributed by atoms with E-state index in [2.05, 4.69) is 22.8 Å². The number of nitrogens with zero attached hydrogens (tertiary/aromatic N) is 1. The van der Waals surface area contributed by atoms with E-state index in [1.165, 1.54) is 4.88 Å². The molecule has 0 saturated heterocycles. The van der Waals surface area contributed by atoms with Gasteiger partial charge in [0.25, 0.3) is 0 Å². The summed E-state index contributed by atoms with van der Waals surface area (Å²) in [5, 5.41) is 5.08. The van der Waals surface area contributed by atoms with Gasteiger partial charge in [0.05, 0.1) is 0 Å². The summed E-state index contributed by atoms with van der Waals surface area (Å²) in [7, 11) is 1.87. The predicted octanol–water partition coefficient (Wildman–Crippen LogP) is 1.75. The van der Waals surface area contributed by atoms with Gasteiger partial charge in [0.2, 0.25) is 5.91 Å². The number of likely N-dealkylation sites (N-methyl/N-ethyl adjacent to an activating group) is 1. The molecule has 1 heterocycles. The molecule has 1 aromatic heterocycles. The Morgan fingerprint density at radius 1 is 1.56 bits per heavy atom. The minimum absolute atomic E-state index is 0.244. The summed E-state index contributed by atoms with van der Waals surface area (Å²) in [5.74, 6) is 0.244. The van der Waals surface area contributed by atoms with E-state index in [0.717, 1.165) is 26.1 Å². The average Bonchev–Trinajstić information content (AvgIpc) is 2.80. The van der Waals surface area contributed by atoms with Crippen molar-refractivity contribution in [2.24, 2.45) is 0 Å². The first-order valence-corrected chi connectivity index (χ1v) is 6.60. The van der Waals surface area contributed by atoms with Crippen molar-refractivity contribution < 1.29 is 4.79 Å². The van der Waals surface area contributed by atoms with Crippen LogP contribution in [0.1, 0.15) is 18.2 Å². The van der Waals surface area contributed by atoms with Crippen LogP contribution < -0.4 is 5.32 Å². The Hall–Kier alpha value is -0.870. The van der Waals surface area contributed by atoms with Crippen LogP contribution in [0.4, 0.5) is 0 Å². The lowest BCUT2D eigenvalue weighted by Gasteiger charge is -2.20. The number of carbonyl (C=O) groups excluding carboxylic acids is 1. The zero-order valence-electron chi connectivity index (χ0n) is 10.0. The fourth-order valence-electron chi connectivity index (χ4n) is 1.55. The van der Waals surface area contributed by atoms with E-state index in [1.807, 2.05) is 18.9 Å². The number of rotatable bonds is 7. The van der Waals surface area contributed by atoms with Crippen molar-refractivity contribution in [1.82, 2.24) is 10.2 Å². The van der Waals surface area contributed by atoms with E-state index < -0.39 is 0 Å². The van der Waals surface area contributed by atoms with E-state index in [-0.39, 0.29) is 5.91 Å². The van der Waals surface area contributed by atoms with Gasteiger partial charge in [-0.05, 0) is 31.8 Å². The summed E-state index contributed by atoms with van der Waals surface area (Å²) in [4.78, 5) is 15.1. The number of amides is 1. The van der Waals surface area contributed by atoms with Crippen molar-refractivity contribution >= 4 is 17.2 Å². The highest BCUT2D eigenvalue weighted by Gasteiger charge is 2.10. The van der Waals surface area contributed by atoms with Crippen molar-refractivity contribution in [1.29, 1.82) is 0 Å². The number of hydrogen-bond donors (Lipinski definition) is 1. The van der Waals surface area contributed by atoms with Crippen LogP contribution >= 0.6 is 11.3 Å². The monoisotopic (exact) mass is 240 g/mol. The Morgan fingerprint density at radius 3 is 2.94 bits per heavy atom. The number of thiophene rings is 1. The van der Waals surface area contributed by atoms with Crippen molar-refractivity contribution in [3.8, 4) is 0 Å². The highest BCUT2D eigenvalue weighted by Crippen LogP contribution is 2.10. The second kappa shape index (κ2) is 7.41. The van der Waals surface area contributed by atoms with Gasteiger partial charge in [0.1, 0.15) is 0 Å². The molecule has 4 heteroatoms. The molecule has 1 aromatic rings. The zero-order chi connectivity index (χ0) is 11.8. The molecule has 0 unspecified atom stereocenters. The first-order chi connectivity index (χ1) is 7.77. The second-order valence-electron chi connectivity index (χ2n) is 3.66. The van der Waals surface area contributed by atoms with Gasteiger partial charge in [-0.3, -0.25) is 4.79 Å². The molecule has 0 saturated carbocycles. The molecule has 0 aromatic carbocycles. The lowest BCUT2D eigenvalue weighted by molar-refractivity contribution is -0.130. The molecule has 3 nitrogen and oxygen atoms in total. The van der Waals surface area contributed by atoms with Gasteiger partial charge in [-0.15, -0.1) is 11.3 Å². The summed E-state index contributed by atoms with van der Waals surface area (Å²) in [6.07, 6.45) is 1.56. The molecule has 0 aliphatic carbocycles. The van der Waals surface area contributed by atoms with Crippen molar-refractivity contribution in [2.75, 3.05) is 26.7 Å². The molecular weight excluding hydrogens is 220 g/mol. The van der Waals surface area contributed by atoms with Crippen LogP contribution in [0.15, 0.2) is 17.5 Å². The standard InChI is InChI=1S/C12H20N2OS/c1-3-14(12(15)6-8-13-2)9-7-11-5-4-10-16-11/h4-5,10,13H,3,6-9H2,1-2H3. The average molecular weight is 240 g/mol. The van der Waals surface area contributed by atoms with Crippen LogP contribution in [-0.2, 0) is 11.2 Å². The summed E-state index contributed by atoms with van der Waals surface area (Å²) in [5.41, 5.74) is 0. The van der Waals surface area contributed by atoms with Crippen LogP contribution in [0.5, 0.6) is 0 Å². The molecule has 0 atom stereocenters. The Labute approximate surface area is 101 Å². The third-order valence-corrected chi connectivity index (χ3v) is 3.47. The first kappa shape index (κ1) is 13.2. The van der Waals surface area contributed by atoms with E-state index in [1.54, 1.807) is 11.3 Å². The SMILES string of the molecule is CCN(CCc1cccs1)C(=O)CCNC. The van der Waals surface area contributed by atoms with Crippen molar-refractivity contribution in [2.45, 2.75) is 19.8 Å². The molecule has 0 fully saturated rings. The number of carbonyl (C=O) groups is 1. The largest absolute Gasteiger partial charge is 0.343 e. The lowest BCUT2D eigenvalue weighted by Crippen LogP contribution is -2.34. The van der Waals surface area contributed by atoms with Crippen molar-refractivity contribution in [3.05, 3.63) is 22.4 Å². The van der Waals surface area contributed by atoms with E-state index in [0.29, 0.717) is 6.42 Å². The molecule has 0 radical (unpaired) electrons. The molecule has 0 spiro atoms. The number of hydrogen-bond acceptors (Lipinski definition) is 3. The lowest BCUT2D eigenvalue weighted by atomic mass is 10.3. The topological polar surface area (TPSA) is 32.3 Å². The minimum atomic E-state index is 0.244. The summed E-state index contributed by atoms with van der Waals surface area (Å²) in [6, 6.07) is 4.18. The van der Waals surface area contributed by atoms with E-state index in [4.69, 9.17) is 0 Å². The molecule has 1 rings (SSSR count). The van der Waals surface area contributed by atoms with Gasteiger partial charge < -0.3 is 10.2 Å². The van der Waals surface area contributed by atoms with Crippen LogP contribution in [0, 0.1) is 0 Å². The third kappa shape index (κ3) is 4.33. The van der Waals surface area contributed by atoms with E-state index >= 15 is 0 Å². The summed E-state index contributed by atoms with van der Waals surface area (Å²) < 4.78 is 0. The van der Waals surface area contributed by atoms with Gasteiger partial charge in [-0.1, -0.05) is 6.07 Å². The molecule has 0 bridgehead atoms. The highest BCUT2D eigenvalue weighted by atomic mass is 32.1. The molecule has 1 amide bonds. The molecule has 0 aliphatic heterocycles. The Kier molecular flexibility index (Phi) is 6.11. The van der Waals surface area contributed by atoms with Crippen LogP contribution in [-0.4, -0.2) is 37.5 Å². The van der Waals surface area contributed by atoms with Gasteiger partial charge in [-0.25, -0.2) is 0 Å². The maximum atomic E-state index is 11.8. The maximum absolute atomic E-state index is 11.8. The van der Waals surface area contributed by atoms with Gasteiger partial charge >= 0.3 is 0 Å². The zero-order valence-corrected chi connectivity index (χ0v) is 10.8. The van der Waals surface area contributed by atoms with Crippen LogP contribution in [0.25, 0.3) is 0 Å². The quantitative estimate of drug-likeness (QED) is 0.787. The molecule has 1 N–H and O–H groups in total. The molecule has 90 valence electrons. The normalized spacial score (nSPS) is 10.4. The fraction of sp³-hybridized carbons (Fsp3) is 0.583. The summed E-state index contributed by atoms with van der Waals surface area (Å²) >= 11 is 1.75. The second-order valence-corrected chi connectivity index (χ2v) is 4.69. The smallest absolute Gasteiger partial charge is 0.223 e. The van der Waals surface area contributed by atoms with E-state index in [9.17, 15) is 4.79 Å². The number of nitrogens with one attached hydrogen (secondary N) is 1. The van der Waals surface area contributed by atoms with Crippen LogP contribution in [0.2, 0.25) is 0 Å². The predicted molar refractivity (Wildman–Crippen MR) is 68.8 cm³/mol.